The van der Waals surface area contributed by atoms with Crippen LogP contribution in [0.25, 0.3) is 0 Å². The quantitative estimate of drug-likeness (QED) is 0.639. The van der Waals surface area contributed by atoms with Crippen LogP contribution in [-0.4, -0.2) is 6.61 Å². The van der Waals surface area contributed by atoms with Crippen molar-refractivity contribution in [3.8, 4) is 0 Å². The number of rotatable bonds is 3. The van der Waals surface area contributed by atoms with Gasteiger partial charge in [-0.05, 0) is 37.8 Å². The molecule has 1 aliphatic rings. The molecular formula is C12H22O. The van der Waals surface area contributed by atoms with Crippen LogP contribution in [0.5, 0.6) is 0 Å². The van der Waals surface area contributed by atoms with Crippen molar-refractivity contribution in [1.82, 2.24) is 0 Å². The summed E-state index contributed by atoms with van der Waals surface area (Å²) in [7, 11) is 0. The lowest BCUT2D eigenvalue weighted by Crippen LogP contribution is -1.98. The van der Waals surface area contributed by atoms with Crippen LogP contribution in [-0.2, 0) is 4.74 Å². The lowest BCUT2D eigenvalue weighted by molar-refractivity contribution is 0.233. The van der Waals surface area contributed by atoms with Gasteiger partial charge in [-0.15, -0.1) is 0 Å². The zero-order valence-electron chi connectivity index (χ0n) is 9.39. The zero-order chi connectivity index (χ0) is 10.1. The Morgan fingerprint density at radius 2 is 1.77 bits per heavy atom. The van der Waals surface area contributed by atoms with Crippen molar-refractivity contribution in [2.45, 2.75) is 47.0 Å². The summed E-state index contributed by atoms with van der Waals surface area (Å²) >= 11 is 0. The molecule has 0 aromatic rings. The predicted molar refractivity (Wildman–Crippen MR) is 58.7 cm³/mol. The van der Waals surface area contributed by atoms with Crippen molar-refractivity contribution >= 4 is 0 Å². The monoisotopic (exact) mass is 182 g/mol. The molecule has 1 aliphatic carbocycles. The van der Waals surface area contributed by atoms with E-state index in [9.17, 15) is 0 Å². The molecule has 0 bridgehead atoms. The van der Waals surface area contributed by atoms with Crippen LogP contribution in [0.3, 0.4) is 0 Å². The van der Waals surface area contributed by atoms with E-state index >= 15 is 0 Å². The van der Waals surface area contributed by atoms with Gasteiger partial charge in [-0.3, -0.25) is 0 Å². The predicted octanol–water partition coefficient (Wildman–Crippen LogP) is 4.06. The molecule has 0 saturated carbocycles. The summed E-state index contributed by atoms with van der Waals surface area (Å²) in [5.41, 5.74) is 1.37. The van der Waals surface area contributed by atoms with Crippen molar-refractivity contribution in [2.75, 3.05) is 6.61 Å². The summed E-state index contributed by atoms with van der Waals surface area (Å²) < 4.78 is 5.48. The number of hydrogen-bond acceptors (Lipinski definition) is 1. The van der Waals surface area contributed by atoms with Gasteiger partial charge in [0.05, 0.1) is 6.61 Å². The number of ether oxygens (including phenoxy) is 1. The third-order valence-electron chi connectivity index (χ3n) is 1.88. The second-order valence-corrected chi connectivity index (χ2v) is 2.66. The Labute approximate surface area is 82.5 Å². The molecule has 13 heavy (non-hydrogen) atoms. The lowest BCUT2D eigenvalue weighted by Gasteiger charge is -2.14. The van der Waals surface area contributed by atoms with Gasteiger partial charge in [0.15, 0.2) is 0 Å². The molecule has 0 saturated heterocycles. The minimum atomic E-state index is 0.781. The van der Waals surface area contributed by atoms with Crippen molar-refractivity contribution in [2.24, 2.45) is 0 Å². The van der Waals surface area contributed by atoms with Crippen molar-refractivity contribution < 1.29 is 4.74 Å². The average molecular weight is 182 g/mol. The van der Waals surface area contributed by atoms with Crippen LogP contribution in [0.2, 0.25) is 0 Å². The Balaban J connectivity index is 0.000000671. The van der Waals surface area contributed by atoms with E-state index in [2.05, 4.69) is 19.1 Å². The van der Waals surface area contributed by atoms with E-state index < -0.39 is 0 Å². The second kappa shape index (κ2) is 7.90. The minimum absolute atomic E-state index is 0.781. The van der Waals surface area contributed by atoms with Crippen LogP contribution in [0.4, 0.5) is 0 Å². The summed E-state index contributed by atoms with van der Waals surface area (Å²) in [4.78, 5) is 0. The molecule has 76 valence electrons. The highest BCUT2D eigenvalue weighted by Gasteiger charge is 2.06. The van der Waals surface area contributed by atoms with Crippen LogP contribution in [0.1, 0.15) is 47.0 Å². The second-order valence-electron chi connectivity index (χ2n) is 2.66. The van der Waals surface area contributed by atoms with Gasteiger partial charge in [0.2, 0.25) is 0 Å². The first-order valence-corrected chi connectivity index (χ1v) is 5.40. The molecule has 0 aromatic heterocycles. The molecule has 0 aliphatic heterocycles. The van der Waals surface area contributed by atoms with E-state index in [1.807, 2.05) is 20.8 Å². The number of allylic oxidation sites excluding steroid dienone is 3. The van der Waals surface area contributed by atoms with Gasteiger partial charge >= 0.3 is 0 Å². The highest BCUT2D eigenvalue weighted by molar-refractivity contribution is 5.28. The summed E-state index contributed by atoms with van der Waals surface area (Å²) in [6.07, 6.45) is 7.89. The van der Waals surface area contributed by atoms with E-state index in [4.69, 9.17) is 4.74 Å². The van der Waals surface area contributed by atoms with E-state index in [0.717, 1.165) is 25.2 Å². The molecule has 1 rings (SSSR count). The van der Waals surface area contributed by atoms with Gasteiger partial charge in [0, 0.05) is 0 Å². The highest BCUT2D eigenvalue weighted by Crippen LogP contribution is 2.21. The molecule has 0 fully saturated rings. The Morgan fingerprint density at radius 3 is 2.31 bits per heavy atom. The van der Waals surface area contributed by atoms with Gasteiger partial charge < -0.3 is 4.74 Å². The number of hydrogen-bond donors (Lipinski definition) is 0. The Kier molecular flexibility index (Phi) is 7.47. The summed E-state index contributed by atoms with van der Waals surface area (Å²) in [6.45, 7) is 8.98. The third kappa shape index (κ3) is 4.16. The third-order valence-corrected chi connectivity index (χ3v) is 1.88. The molecular weight excluding hydrogens is 160 g/mol. The smallest absolute Gasteiger partial charge is 0.118 e. The molecule has 1 nitrogen and oxygen atoms in total. The van der Waals surface area contributed by atoms with Crippen LogP contribution in [0, 0.1) is 0 Å². The van der Waals surface area contributed by atoms with Gasteiger partial charge in [-0.2, -0.15) is 0 Å². The van der Waals surface area contributed by atoms with Crippen LogP contribution >= 0.6 is 0 Å². The Morgan fingerprint density at radius 1 is 1.15 bits per heavy atom. The maximum absolute atomic E-state index is 5.48. The van der Waals surface area contributed by atoms with E-state index in [0.29, 0.717) is 0 Å². The molecule has 0 amide bonds. The minimum Gasteiger partial charge on any atom is -0.494 e. The summed E-state index contributed by atoms with van der Waals surface area (Å²) in [6, 6.07) is 0. The summed E-state index contributed by atoms with van der Waals surface area (Å²) in [5.74, 6) is 1.11. The van der Waals surface area contributed by atoms with E-state index in [1.54, 1.807) is 0 Å². The van der Waals surface area contributed by atoms with E-state index in [1.165, 1.54) is 12.0 Å². The highest BCUT2D eigenvalue weighted by atomic mass is 16.5. The first-order chi connectivity index (χ1) is 6.38. The van der Waals surface area contributed by atoms with Crippen molar-refractivity contribution in [1.29, 1.82) is 0 Å². The van der Waals surface area contributed by atoms with Gasteiger partial charge in [0.25, 0.3) is 0 Å². The van der Waals surface area contributed by atoms with Crippen LogP contribution in [0.15, 0.2) is 23.5 Å². The SMILES string of the molecule is CC.CCOC1=CCCC=C1CC. The van der Waals surface area contributed by atoms with Gasteiger partial charge in [-0.25, -0.2) is 0 Å². The molecule has 1 heteroatoms. The topological polar surface area (TPSA) is 9.23 Å². The molecule has 0 heterocycles. The van der Waals surface area contributed by atoms with Crippen molar-refractivity contribution in [3.63, 3.8) is 0 Å². The molecule has 0 radical (unpaired) electrons. The largest absolute Gasteiger partial charge is 0.494 e. The van der Waals surface area contributed by atoms with Gasteiger partial charge in [-0.1, -0.05) is 26.8 Å². The Hall–Kier alpha value is -0.720. The van der Waals surface area contributed by atoms with Crippen LogP contribution < -0.4 is 0 Å². The molecule has 0 spiro atoms. The molecule has 0 atom stereocenters. The first kappa shape index (κ1) is 12.3. The fraction of sp³-hybridized carbons (Fsp3) is 0.667. The molecule has 0 unspecified atom stereocenters. The molecule has 0 N–H and O–H groups in total. The zero-order valence-corrected chi connectivity index (χ0v) is 9.39. The molecule has 0 aromatic carbocycles. The fourth-order valence-corrected chi connectivity index (χ4v) is 1.33. The average Bonchev–Trinajstić information content (AvgIpc) is 2.22. The Bertz CT molecular complexity index is 178. The van der Waals surface area contributed by atoms with Crippen molar-refractivity contribution in [3.05, 3.63) is 23.5 Å². The normalized spacial score (nSPS) is 15.1. The lowest BCUT2D eigenvalue weighted by atomic mass is 10.0. The van der Waals surface area contributed by atoms with Gasteiger partial charge in [0.1, 0.15) is 5.76 Å². The standard InChI is InChI=1S/C10H16O.C2H6/c1-3-9-7-5-6-8-10(9)11-4-2;1-2/h7-8H,3-6H2,1-2H3;1-2H3. The fourth-order valence-electron chi connectivity index (χ4n) is 1.33. The maximum Gasteiger partial charge on any atom is 0.118 e. The maximum atomic E-state index is 5.48. The first-order valence-electron chi connectivity index (χ1n) is 5.40. The summed E-state index contributed by atoms with van der Waals surface area (Å²) in [5, 5.41) is 0. The van der Waals surface area contributed by atoms with E-state index in [-0.39, 0.29) is 0 Å².